The Kier molecular flexibility index (Phi) is 5.05. The Morgan fingerprint density at radius 1 is 1.21 bits per heavy atom. The highest BCUT2D eigenvalue weighted by Gasteiger charge is 2.30. The molecule has 1 aliphatic heterocycles. The number of morpholine rings is 1. The van der Waals surface area contributed by atoms with Gasteiger partial charge in [0.25, 0.3) is 5.91 Å². The predicted octanol–water partition coefficient (Wildman–Crippen LogP) is 4.17. The van der Waals surface area contributed by atoms with Crippen molar-refractivity contribution < 1.29 is 18.7 Å². The largest absolute Gasteiger partial charge is 0.497 e. The number of methoxy groups -OCH3 is 1. The molecule has 0 spiro atoms. The van der Waals surface area contributed by atoms with E-state index in [0.717, 1.165) is 22.1 Å². The molecule has 0 bridgehead atoms. The Hall–Kier alpha value is -2.86. The summed E-state index contributed by atoms with van der Waals surface area (Å²) in [6.07, 6.45) is 1.18. The van der Waals surface area contributed by atoms with E-state index in [1.54, 1.807) is 12.0 Å². The molecule has 1 aliphatic rings. The van der Waals surface area contributed by atoms with Gasteiger partial charge in [-0.2, -0.15) is 0 Å². The normalized spacial score (nSPS) is 17.3. The van der Waals surface area contributed by atoms with Gasteiger partial charge in [-0.3, -0.25) is 4.79 Å². The molecule has 0 unspecified atom stereocenters. The van der Waals surface area contributed by atoms with Crippen LogP contribution in [0.4, 0.5) is 0 Å². The van der Waals surface area contributed by atoms with Crippen LogP contribution in [0.5, 0.6) is 5.75 Å². The van der Waals surface area contributed by atoms with Gasteiger partial charge in [0.05, 0.1) is 20.3 Å². The third-order valence-corrected chi connectivity index (χ3v) is 5.12. The molecule has 0 aliphatic carbocycles. The van der Waals surface area contributed by atoms with Crippen molar-refractivity contribution >= 4 is 16.7 Å². The van der Waals surface area contributed by atoms with Crippen LogP contribution in [0.15, 0.2) is 47.2 Å². The number of fused-ring (bicyclic) bond motifs is 1. The van der Waals surface area contributed by atoms with E-state index < -0.39 is 0 Å². The van der Waals surface area contributed by atoms with Gasteiger partial charge in [0.1, 0.15) is 17.6 Å². The summed E-state index contributed by atoms with van der Waals surface area (Å²) in [6.45, 7) is 5.51. The lowest BCUT2D eigenvalue weighted by molar-refractivity contribution is -0.0230. The van der Waals surface area contributed by atoms with Crippen molar-refractivity contribution in [2.75, 3.05) is 26.8 Å². The third-order valence-electron chi connectivity index (χ3n) is 5.12. The average molecular weight is 380 g/mol. The summed E-state index contributed by atoms with van der Waals surface area (Å²) in [6, 6.07) is 12.2. The first kappa shape index (κ1) is 18.5. The molecule has 1 amide bonds. The standard InChI is InChI=1S/C22H24N2O4/c1-14(2)21-20(23-13-28-21)22(25)24-8-9-27-19(12-24)17-5-4-16-11-18(26-3)7-6-15(16)10-17/h4-7,10-11,13-14,19H,8-9,12H2,1-3H3/t19-/m1/s1. The average Bonchev–Trinajstić information content (AvgIpc) is 3.23. The molecule has 6 nitrogen and oxygen atoms in total. The van der Waals surface area contributed by atoms with Crippen molar-refractivity contribution in [1.82, 2.24) is 9.88 Å². The van der Waals surface area contributed by atoms with Crippen LogP contribution in [0.25, 0.3) is 10.8 Å². The Balaban J connectivity index is 1.56. The highest BCUT2D eigenvalue weighted by Crippen LogP contribution is 2.29. The third kappa shape index (κ3) is 3.47. The molecular formula is C22H24N2O4. The Labute approximate surface area is 164 Å². The van der Waals surface area contributed by atoms with Crippen LogP contribution in [0.1, 0.15) is 47.7 Å². The van der Waals surface area contributed by atoms with Crippen LogP contribution in [-0.4, -0.2) is 42.6 Å². The van der Waals surface area contributed by atoms with Crippen molar-refractivity contribution in [3.63, 3.8) is 0 Å². The van der Waals surface area contributed by atoms with Gasteiger partial charge in [-0.15, -0.1) is 0 Å². The van der Waals surface area contributed by atoms with E-state index in [0.29, 0.717) is 31.2 Å². The minimum Gasteiger partial charge on any atom is -0.497 e. The maximum absolute atomic E-state index is 13.0. The molecule has 0 radical (unpaired) electrons. The number of hydrogen-bond acceptors (Lipinski definition) is 5. The molecule has 3 aromatic rings. The minimum atomic E-state index is -0.168. The van der Waals surface area contributed by atoms with Crippen molar-refractivity contribution in [2.45, 2.75) is 25.9 Å². The second-order valence-electron chi connectivity index (χ2n) is 7.30. The van der Waals surface area contributed by atoms with Gasteiger partial charge >= 0.3 is 0 Å². The maximum Gasteiger partial charge on any atom is 0.276 e. The highest BCUT2D eigenvalue weighted by atomic mass is 16.5. The molecule has 28 heavy (non-hydrogen) atoms. The fourth-order valence-corrected chi connectivity index (χ4v) is 3.58. The summed E-state index contributed by atoms with van der Waals surface area (Å²) in [7, 11) is 1.66. The lowest BCUT2D eigenvalue weighted by atomic mass is 10.0. The Morgan fingerprint density at radius 2 is 2.00 bits per heavy atom. The van der Waals surface area contributed by atoms with Gasteiger partial charge in [0.2, 0.25) is 0 Å². The van der Waals surface area contributed by atoms with Crippen LogP contribution >= 0.6 is 0 Å². The highest BCUT2D eigenvalue weighted by molar-refractivity contribution is 5.93. The topological polar surface area (TPSA) is 64.8 Å². The number of amides is 1. The summed E-state index contributed by atoms with van der Waals surface area (Å²) in [4.78, 5) is 18.9. The van der Waals surface area contributed by atoms with Gasteiger partial charge in [0, 0.05) is 12.5 Å². The van der Waals surface area contributed by atoms with Crippen molar-refractivity contribution in [1.29, 1.82) is 0 Å². The molecule has 4 rings (SSSR count). The quantitative estimate of drug-likeness (QED) is 0.680. The first-order valence-electron chi connectivity index (χ1n) is 9.48. The van der Waals surface area contributed by atoms with Crippen molar-refractivity contribution in [3.8, 4) is 5.75 Å². The zero-order valence-electron chi connectivity index (χ0n) is 16.3. The SMILES string of the molecule is COc1ccc2cc([C@H]3CN(C(=O)c4ncoc4C(C)C)CCO3)ccc2c1. The number of rotatable bonds is 4. The number of benzene rings is 2. The van der Waals surface area contributed by atoms with E-state index in [4.69, 9.17) is 13.9 Å². The molecule has 1 fully saturated rings. The van der Waals surface area contributed by atoms with Gasteiger partial charge in [-0.1, -0.05) is 32.0 Å². The second-order valence-corrected chi connectivity index (χ2v) is 7.30. The van der Waals surface area contributed by atoms with Gasteiger partial charge < -0.3 is 18.8 Å². The van der Waals surface area contributed by atoms with Crippen LogP contribution in [-0.2, 0) is 4.74 Å². The molecule has 146 valence electrons. The van der Waals surface area contributed by atoms with Gasteiger partial charge in [-0.05, 0) is 34.5 Å². The number of nitrogens with zero attached hydrogens (tertiary/aromatic N) is 2. The van der Waals surface area contributed by atoms with Crippen LogP contribution < -0.4 is 4.74 Å². The van der Waals surface area contributed by atoms with Crippen LogP contribution in [0.3, 0.4) is 0 Å². The smallest absolute Gasteiger partial charge is 0.276 e. The molecule has 6 heteroatoms. The molecule has 0 saturated carbocycles. The lowest BCUT2D eigenvalue weighted by Crippen LogP contribution is -2.42. The maximum atomic E-state index is 13.0. The monoisotopic (exact) mass is 380 g/mol. The van der Waals surface area contributed by atoms with Crippen molar-refractivity contribution in [3.05, 3.63) is 59.8 Å². The van der Waals surface area contributed by atoms with Gasteiger partial charge in [0.15, 0.2) is 12.1 Å². The van der Waals surface area contributed by atoms with E-state index in [2.05, 4.69) is 23.2 Å². The second kappa shape index (κ2) is 7.64. The number of hydrogen-bond donors (Lipinski definition) is 0. The van der Waals surface area contributed by atoms with E-state index in [-0.39, 0.29) is 17.9 Å². The summed E-state index contributed by atoms with van der Waals surface area (Å²) in [5, 5.41) is 2.22. The summed E-state index contributed by atoms with van der Waals surface area (Å²) in [5.41, 5.74) is 1.46. The molecule has 1 aromatic heterocycles. The molecular weight excluding hydrogens is 356 g/mol. The van der Waals surface area contributed by atoms with Crippen molar-refractivity contribution in [2.24, 2.45) is 0 Å². The molecule has 1 atom stereocenters. The summed E-state index contributed by atoms with van der Waals surface area (Å²) < 4.78 is 16.7. The van der Waals surface area contributed by atoms with E-state index in [9.17, 15) is 4.79 Å². The number of aromatic nitrogens is 1. The fourth-order valence-electron chi connectivity index (χ4n) is 3.58. The molecule has 2 heterocycles. The van der Waals surface area contributed by atoms with E-state index in [1.165, 1.54) is 6.39 Å². The number of carbonyl (C=O) groups is 1. The van der Waals surface area contributed by atoms with E-state index >= 15 is 0 Å². The molecule has 2 aromatic carbocycles. The zero-order chi connectivity index (χ0) is 19.7. The number of oxazole rings is 1. The predicted molar refractivity (Wildman–Crippen MR) is 106 cm³/mol. The first-order valence-corrected chi connectivity index (χ1v) is 9.48. The molecule has 0 N–H and O–H groups in total. The Bertz CT molecular complexity index is 995. The zero-order valence-corrected chi connectivity index (χ0v) is 16.3. The van der Waals surface area contributed by atoms with E-state index in [1.807, 2.05) is 32.0 Å². The van der Waals surface area contributed by atoms with Gasteiger partial charge in [-0.25, -0.2) is 4.98 Å². The Morgan fingerprint density at radius 3 is 2.79 bits per heavy atom. The summed E-state index contributed by atoms with van der Waals surface area (Å²) >= 11 is 0. The van der Waals surface area contributed by atoms with Crippen LogP contribution in [0.2, 0.25) is 0 Å². The summed E-state index contributed by atoms with van der Waals surface area (Å²) in [5.74, 6) is 1.47. The minimum absolute atomic E-state index is 0.101. The lowest BCUT2D eigenvalue weighted by Gasteiger charge is -2.33. The first-order chi connectivity index (χ1) is 13.6. The number of carbonyl (C=O) groups excluding carboxylic acids is 1. The molecule has 1 saturated heterocycles. The fraction of sp³-hybridized carbons (Fsp3) is 0.364. The van der Waals surface area contributed by atoms with Crippen LogP contribution in [0, 0.1) is 0 Å². The number of ether oxygens (including phenoxy) is 2.